The summed E-state index contributed by atoms with van der Waals surface area (Å²) in [6, 6.07) is 6.93. The molecule has 1 aliphatic rings. The number of carbonyl (C=O) groups excluding carboxylic acids is 2. The molecule has 2 aromatic rings. The first-order chi connectivity index (χ1) is 9.58. The van der Waals surface area contributed by atoms with Gasteiger partial charge in [-0.1, -0.05) is 18.2 Å². The molecule has 1 unspecified atom stereocenters. The smallest absolute Gasteiger partial charge is 0.267 e. The van der Waals surface area contributed by atoms with Crippen molar-refractivity contribution in [1.29, 1.82) is 0 Å². The molecule has 1 aromatic carbocycles. The third kappa shape index (κ3) is 2.03. The third-order valence-corrected chi connectivity index (χ3v) is 4.05. The molecule has 2 N–H and O–H groups in total. The number of benzene rings is 1. The molecule has 3 rings (SSSR count). The molecule has 6 heteroatoms. The van der Waals surface area contributed by atoms with Crippen LogP contribution in [0.4, 0.5) is 5.13 Å². The van der Waals surface area contributed by atoms with E-state index < -0.39 is 0 Å². The van der Waals surface area contributed by atoms with E-state index in [1.54, 1.807) is 23.6 Å². The number of imide groups is 1. The van der Waals surface area contributed by atoms with Crippen molar-refractivity contribution in [1.82, 2.24) is 4.98 Å². The van der Waals surface area contributed by atoms with Gasteiger partial charge in [0.25, 0.3) is 5.91 Å². The Bertz CT molecular complexity index is 693. The highest BCUT2D eigenvalue weighted by Crippen LogP contribution is 2.29. The number of carbonyl (C=O) groups is 2. The van der Waals surface area contributed by atoms with Crippen LogP contribution in [0.5, 0.6) is 0 Å². The van der Waals surface area contributed by atoms with E-state index >= 15 is 0 Å². The second kappa shape index (κ2) is 4.81. The summed E-state index contributed by atoms with van der Waals surface area (Å²) < 4.78 is 0. The van der Waals surface area contributed by atoms with Crippen LogP contribution < -0.4 is 10.6 Å². The highest BCUT2D eigenvalue weighted by atomic mass is 32.1. The van der Waals surface area contributed by atoms with Gasteiger partial charge in [-0.05, 0) is 18.6 Å². The van der Waals surface area contributed by atoms with E-state index in [9.17, 15) is 9.59 Å². The molecule has 102 valence electrons. The zero-order valence-electron chi connectivity index (χ0n) is 10.9. The van der Waals surface area contributed by atoms with Crippen LogP contribution in [0.3, 0.4) is 0 Å². The number of thiazole rings is 1. The van der Waals surface area contributed by atoms with Gasteiger partial charge in [-0.3, -0.25) is 9.59 Å². The third-order valence-electron chi connectivity index (χ3n) is 3.21. The van der Waals surface area contributed by atoms with E-state index in [2.05, 4.69) is 4.98 Å². The Morgan fingerprint density at radius 1 is 1.35 bits per heavy atom. The summed E-state index contributed by atoms with van der Waals surface area (Å²) in [4.78, 5) is 30.1. The zero-order chi connectivity index (χ0) is 14.3. The van der Waals surface area contributed by atoms with E-state index in [1.807, 2.05) is 13.0 Å². The lowest BCUT2D eigenvalue weighted by Crippen LogP contribution is -2.42. The van der Waals surface area contributed by atoms with E-state index in [4.69, 9.17) is 5.73 Å². The lowest BCUT2D eigenvalue weighted by molar-refractivity contribution is -0.117. The molecule has 5 nitrogen and oxygen atoms in total. The van der Waals surface area contributed by atoms with Crippen molar-refractivity contribution in [3.8, 4) is 0 Å². The van der Waals surface area contributed by atoms with Crippen molar-refractivity contribution in [3.05, 3.63) is 46.5 Å². The second-order valence-electron chi connectivity index (χ2n) is 4.71. The molecule has 0 fully saturated rings. The molecule has 0 spiro atoms. The molecule has 0 saturated carbocycles. The molecule has 0 radical (unpaired) electrons. The Morgan fingerprint density at radius 2 is 2.10 bits per heavy atom. The molecule has 2 amide bonds. The maximum absolute atomic E-state index is 12.4. The number of hydrogen-bond acceptors (Lipinski definition) is 5. The van der Waals surface area contributed by atoms with Crippen molar-refractivity contribution in [2.24, 2.45) is 5.73 Å². The molecule has 0 aliphatic carbocycles. The van der Waals surface area contributed by atoms with Crippen molar-refractivity contribution in [2.45, 2.75) is 19.4 Å². The Kier molecular flexibility index (Phi) is 3.11. The maximum atomic E-state index is 12.4. The summed E-state index contributed by atoms with van der Waals surface area (Å²) in [7, 11) is 0. The summed E-state index contributed by atoms with van der Waals surface area (Å²) in [5.74, 6) is -0.568. The van der Waals surface area contributed by atoms with E-state index in [0.29, 0.717) is 16.4 Å². The highest BCUT2D eigenvalue weighted by Gasteiger charge is 2.33. The number of rotatable bonds is 2. The fourth-order valence-electron chi connectivity index (χ4n) is 2.14. The van der Waals surface area contributed by atoms with Gasteiger partial charge in [-0.2, -0.15) is 0 Å². The molecule has 0 saturated heterocycles. The number of anilines is 1. The van der Waals surface area contributed by atoms with Crippen molar-refractivity contribution < 1.29 is 9.59 Å². The SMILES string of the molecule is CC(N)c1csc(N2C(=O)Cc3ccccc3C2=O)n1. The van der Waals surface area contributed by atoms with Crippen LogP contribution in [-0.4, -0.2) is 16.8 Å². The summed E-state index contributed by atoms with van der Waals surface area (Å²) >= 11 is 1.26. The molecule has 1 atom stereocenters. The first-order valence-corrected chi connectivity index (χ1v) is 7.12. The maximum Gasteiger partial charge on any atom is 0.267 e. The quantitative estimate of drug-likeness (QED) is 0.856. The van der Waals surface area contributed by atoms with Crippen LogP contribution in [0.15, 0.2) is 29.6 Å². The Balaban J connectivity index is 2.02. The van der Waals surface area contributed by atoms with E-state index in [0.717, 1.165) is 10.5 Å². The van der Waals surface area contributed by atoms with Crippen LogP contribution in [0.25, 0.3) is 0 Å². The van der Waals surface area contributed by atoms with Crippen LogP contribution in [0.1, 0.15) is 34.6 Å². The van der Waals surface area contributed by atoms with Crippen molar-refractivity contribution in [3.63, 3.8) is 0 Å². The first kappa shape index (κ1) is 13.0. The van der Waals surface area contributed by atoms with Crippen LogP contribution in [0.2, 0.25) is 0 Å². The van der Waals surface area contributed by atoms with E-state index in [1.165, 1.54) is 11.3 Å². The molecule has 1 aliphatic heterocycles. The van der Waals surface area contributed by atoms with Crippen LogP contribution >= 0.6 is 11.3 Å². The summed E-state index contributed by atoms with van der Waals surface area (Å²) in [6.45, 7) is 1.81. The second-order valence-corrected chi connectivity index (χ2v) is 5.55. The number of hydrogen-bond donors (Lipinski definition) is 1. The Hall–Kier alpha value is -2.05. The van der Waals surface area contributed by atoms with Gasteiger partial charge in [0, 0.05) is 17.0 Å². The fraction of sp³-hybridized carbons (Fsp3) is 0.214. The summed E-state index contributed by atoms with van der Waals surface area (Å²) in [5.41, 5.74) is 7.77. The number of aromatic nitrogens is 1. The zero-order valence-corrected chi connectivity index (χ0v) is 11.7. The van der Waals surface area contributed by atoms with Gasteiger partial charge in [0.05, 0.1) is 12.1 Å². The molecular formula is C14H13N3O2S. The number of nitrogens with zero attached hydrogens (tertiary/aromatic N) is 2. The molecule has 20 heavy (non-hydrogen) atoms. The first-order valence-electron chi connectivity index (χ1n) is 6.24. The van der Waals surface area contributed by atoms with E-state index in [-0.39, 0.29) is 24.3 Å². The highest BCUT2D eigenvalue weighted by molar-refractivity contribution is 7.14. The normalized spacial score (nSPS) is 16.2. The van der Waals surface area contributed by atoms with Gasteiger partial charge in [-0.15, -0.1) is 11.3 Å². The van der Waals surface area contributed by atoms with Gasteiger partial charge in [-0.25, -0.2) is 9.88 Å². The minimum absolute atomic E-state index is 0.217. The lowest BCUT2D eigenvalue weighted by Gasteiger charge is -2.24. The van der Waals surface area contributed by atoms with Gasteiger partial charge in [0.1, 0.15) is 0 Å². The topological polar surface area (TPSA) is 76.3 Å². The van der Waals surface area contributed by atoms with Gasteiger partial charge in [0.2, 0.25) is 5.91 Å². The number of nitrogens with two attached hydrogens (primary N) is 1. The average Bonchev–Trinajstić information content (AvgIpc) is 2.88. The predicted octanol–water partition coefficient (Wildman–Crippen LogP) is 1.89. The fourth-order valence-corrected chi connectivity index (χ4v) is 3.08. The van der Waals surface area contributed by atoms with Crippen molar-refractivity contribution in [2.75, 3.05) is 4.90 Å². The standard InChI is InChI=1S/C14H13N3O2S/c1-8(15)11-7-20-14(16-11)17-12(18)6-9-4-2-3-5-10(9)13(17)19/h2-5,7-8H,6,15H2,1H3. The van der Waals surface area contributed by atoms with Gasteiger partial charge < -0.3 is 5.73 Å². The molecule has 1 aromatic heterocycles. The number of amides is 2. The van der Waals surface area contributed by atoms with Crippen LogP contribution in [0, 0.1) is 0 Å². The summed E-state index contributed by atoms with van der Waals surface area (Å²) in [5, 5.41) is 2.17. The lowest BCUT2D eigenvalue weighted by atomic mass is 9.99. The largest absolute Gasteiger partial charge is 0.323 e. The Labute approximate surface area is 120 Å². The summed E-state index contributed by atoms with van der Waals surface area (Å²) in [6.07, 6.45) is 0.217. The Morgan fingerprint density at radius 3 is 2.80 bits per heavy atom. The minimum Gasteiger partial charge on any atom is -0.323 e. The molecule has 0 bridgehead atoms. The average molecular weight is 287 g/mol. The predicted molar refractivity (Wildman–Crippen MR) is 76.7 cm³/mol. The van der Waals surface area contributed by atoms with Crippen molar-refractivity contribution >= 4 is 28.3 Å². The number of fused-ring (bicyclic) bond motifs is 1. The van der Waals surface area contributed by atoms with Gasteiger partial charge >= 0.3 is 0 Å². The monoisotopic (exact) mass is 287 g/mol. The molecular weight excluding hydrogens is 274 g/mol. The minimum atomic E-state index is -0.317. The van der Waals surface area contributed by atoms with Gasteiger partial charge in [0.15, 0.2) is 5.13 Å². The molecule has 2 heterocycles. The van der Waals surface area contributed by atoms with Crippen LogP contribution in [-0.2, 0) is 11.2 Å².